The maximum absolute atomic E-state index is 12.5. The first-order valence-electron chi connectivity index (χ1n) is 9.18. The molecule has 3 rings (SSSR count). The molecule has 0 unspecified atom stereocenters. The highest BCUT2D eigenvalue weighted by Crippen LogP contribution is 2.17. The van der Waals surface area contributed by atoms with Crippen molar-refractivity contribution in [1.82, 2.24) is 19.8 Å². The van der Waals surface area contributed by atoms with E-state index in [2.05, 4.69) is 29.0 Å². The number of H-pyrrole nitrogens is 1. The van der Waals surface area contributed by atoms with Crippen LogP contribution in [0.1, 0.15) is 26.7 Å². The van der Waals surface area contributed by atoms with Gasteiger partial charge in [-0.15, -0.1) is 0 Å². The molecule has 0 spiro atoms. The lowest BCUT2D eigenvalue weighted by molar-refractivity contribution is -0.122. The summed E-state index contributed by atoms with van der Waals surface area (Å²) in [6, 6.07) is 7.30. The van der Waals surface area contributed by atoms with Crippen LogP contribution in [0.3, 0.4) is 0 Å². The number of fused-ring (bicyclic) bond motifs is 1. The van der Waals surface area contributed by atoms with Crippen molar-refractivity contribution in [2.75, 3.05) is 19.6 Å². The van der Waals surface area contributed by atoms with Crippen molar-refractivity contribution in [2.24, 2.45) is 5.92 Å². The third-order valence-corrected chi connectivity index (χ3v) is 5.06. The first-order chi connectivity index (χ1) is 12.5. The summed E-state index contributed by atoms with van der Waals surface area (Å²) in [6.45, 7) is 6.74. The molecular weight excluding hydrogens is 332 g/mol. The van der Waals surface area contributed by atoms with Crippen molar-refractivity contribution >= 4 is 16.8 Å². The van der Waals surface area contributed by atoms with Crippen LogP contribution >= 0.6 is 0 Å². The topological polar surface area (TPSA) is 87.2 Å². The van der Waals surface area contributed by atoms with Crippen molar-refractivity contribution in [3.63, 3.8) is 0 Å². The number of likely N-dealkylation sites (tertiary alicyclic amines) is 1. The first-order valence-corrected chi connectivity index (χ1v) is 9.18. The van der Waals surface area contributed by atoms with Gasteiger partial charge in [-0.2, -0.15) is 0 Å². The maximum Gasteiger partial charge on any atom is 0.329 e. The van der Waals surface area contributed by atoms with Crippen LogP contribution in [0.15, 0.2) is 33.9 Å². The Morgan fingerprint density at radius 3 is 2.85 bits per heavy atom. The second kappa shape index (κ2) is 7.86. The second-order valence-electron chi connectivity index (χ2n) is 7.27. The van der Waals surface area contributed by atoms with Crippen molar-refractivity contribution in [3.8, 4) is 0 Å². The summed E-state index contributed by atoms with van der Waals surface area (Å²) in [5.41, 5.74) is -0.522. The average Bonchev–Trinajstić information content (AvgIpc) is 2.63. The third kappa shape index (κ3) is 4.04. The van der Waals surface area contributed by atoms with Crippen molar-refractivity contribution in [3.05, 3.63) is 45.1 Å². The van der Waals surface area contributed by atoms with Crippen LogP contribution in [0.5, 0.6) is 0 Å². The summed E-state index contributed by atoms with van der Waals surface area (Å²) >= 11 is 0. The van der Waals surface area contributed by atoms with E-state index in [-0.39, 0.29) is 12.5 Å². The summed E-state index contributed by atoms with van der Waals surface area (Å²) in [4.78, 5) is 41.9. The number of aromatic amines is 1. The predicted molar refractivity (Wildman–Crippen MR) is 101 cm³/mol. The monoisotopic (exact) mass is 358 g/mol. The molecule has 1 saturated heterocycles. The van der Waals surface area contributed by atoms with E-state index in [9.17, 15) is 14.4 Å². The number of amides is 1. The van der Waals surface area contributed by atoms with E-state index in [0.717, 1.165) is 30.5 Å². The molecular formula is C19H26N4O3. The van der Waals surface area contributed by atoms with Gasteiger partial charge in [0.05, 0.1) is 10.9 Å². The fourth-order valence-electron chi connectivity index (χ4n) is 3.53. The van der Waals surface area contributed by atoms with E-state index in [1.165, 1.54) is 0 Å². The number of carbonyl (C=O) groups is 1. The lowest BCUT2D eigenvalue weighted by Gasteiger charge is -2.35. The Kier molecular flexibility index (Phi) is 5.56. The number of piperidine rings is 1. The molecule has 2 heterocycles. The molecule has 26 heavy (non-hydrogen) atoms. The number of benzene rings is 1. The predicted octanol–water partition coefficient (Wildman–Crippen LogP) is 0.926. The summed E-state index contributed by atoms with van der Waals surface area (Å²) in [6.07, 6.45) is 2.21. The molecule has 1 aliphatic rings. The molecule has 2 aromatic rings. The number of nitrogens with one attached hydrogen (secondary N) is 2. The highest BCUT2D eigenvalue weighted by atomic mass is 16.2. The first kappa shape index (κ1) is 18.4. The van der Waals surface area contributed by atoms with Gasteiger partial charge in [0.25, 0.3) is 5.56 Å². The van der Waals surface area contributed by atoms with Crippen molar-refractivity contribution in [1.29, 1.82) is 0 Å². The molecule has 1 aliphatic heterocycles. The number of carbonyl (C=O) groups excluding carboxylic acids is 1. The zero-order chi connectivity index (χ0) is 18.7. The van der Waals surface area contributed by atoms with Gasteiger partial charge in [-0.25, -0.2) is 4.79 Å². The molecule has 0 radical (unpaired) electrons. The lowest BCUT2D eigenvalue weighted by atomic mass is 9.97. The van der Waals surface area contributed by atoms with Crippen LogP contribution in [0.2, 0.25) is 0 Å². The van der Waals surface area contributed by atoms with Gasteiger partial charge in [-0.05, 0) is 51.3 Å². The molecule has 1 aromatic carbocycles. The zero-order valence-electron chi connectivity index (χ0n) is 15.3. The van der Waals surface area contributed by atoms with Crippen molar-refractivity contribution in [2.45, 2.75) is 39.3 Å². The van der Waals surface area contributed by atoms with Crippen LogP contribution < -0.4 is 16.6 Å². The van der Waals surface area contributed by atoms with Gasteiger partial charge < -0.3 is 15.2 Å². The fraction of sp³-hybridized carbons (Fsp3) is 0.526. The van der Waals surface area contributed by atoms with Gasteiger partial charge >= 0.3 is 5.69 Å². The fourth-order valence-corrected chi connectivity index (χ4v) is 3.53. The summed E-state index contributed by atoms with van der Waals surface area (Å²) in [5.74, 6) is 0.0938. The summed E-state index contributed by atoms with van der Waals surface area (Å²) in [5, 5.41) is 3.29. The number of rotatable bonds is 5. The Bertz CT molecular complexity index is 900. The Morgan fingerprint density at radius 2 is 2.08 bits per heavy atom. The Balaban J connectivity index is 1.65. The van der Waals surface area contributed by atoms with Crippen LogP contribution in [0.25, 0.3) is 10.9 Å². The van der Waals surface area contributed by atoms with Gasteiger partial charge in [0.1, 0.15) is 6.54 Å². The number of hydrogen-bond acceptors (Lipinski definition) is 4. The normalized spacial score (nSPS) is 18.3. The summed E-state index contributed by atoms with van der Waals surface area (Å²) < 4.78 is 0.957. The van der Waals surface area contributed by atoms with Gasteiger partial charge in [0.2, 0.25) is 5.91 Å². The highest BCUT2D eigenvalue weighted by Gasteiger charge is 2.22. The minimum atomic E-state index is -0.563. The van der Waals surface area contributed by atoms with Crippen LogP contribution in [0, 0.1) is 5.92 Å². The van der Waals surface area contributed by atoms with Crippen LogP contribution in [0.4, 0.5) is 0 Å². The molecule has 1 atom stereocenters. The van der Waals surface area contributed by atoms with E-state index < -0.39 is 11.2 Å². The molecule has 0 bridgehead atoms. The number of aromatic nitrogens is 2. The molecule has 1 amide bonds. The van der Waals surface area contributed by atoms with Gasteiger partial charge in [-0.1, -0.05) is 12.1 Å². The Hall–Kier alpha value is -2.41. The van der Waals surface area contributed by atoms with E-state index >= 15 is 0 Å². The lowest BCUT2D eigenvalue weighted by Crippen LogP contribution is -2.45. The second-order valence-corrected chi connectivity index (χ2v) is 7.27. The molecule has 7 nitrogen and oxygen atoms in total. The molecule has 0 aliphatic carbocycles. The maximum atomic E-state index is 12.5. The molecule has 140 valence electrons. The smallest absolute Gasteiger partial charge is 0.329 e. The highest BCUT2D eigenvalue weighted by molar-refractivity contribution is 5.78. The largest absolute Gasteiger partial charge is 0.354 e. The van der Waals surface area contributed by atoms with Gasteiger partial charge in [0, 0.05) is 19.1 Å². The standard InChI is InChI=1S/C19H26N4O3/c1-13(2)22-9-5-6-14(11-22)10-20-17(24)12-23-18(25)15-7-3-4-8-16(15)21-19(23)26/h3-4,7-8,13-14H,5-6,9-12H2,1-2H3,(H,20,24)(H,21,26)/t14-/m1/s1. The summed E-state index contributed by atoms with van der Waals surface area (Å²) in [7, 11) is 0. The zero-order valence-corrected chi connectivity index (χ0v) is 15.3. The van der Waals surface area contributed by atoms with Crippen LogP contribution in [-0.4, -0.2) is 46.0 Å². The molecule has 7 heteroatoms. The third-order valence-electron chi connectivity index (χ3n) is 5.06. The van der Waals surface area contributed by atoms with Crippen LogP contribution in [-0.2, 0) is 11.3 Å². The van der Waals surface area contributed by atoms with Gasteiger partial charge in [0.15, 0.2) is 0 Å². The minimum Gasteiger partial charge on any atom is -0.354 e. The molecule has 0 saturated carbocycles. The average molecular weight is 358 g/mol. The minimum absolute atomic E-state index is 0.264. The van der Waals surface area contributed by atoms with E-state index in [0.29, 0.717) is 29.4 Å². The Labute approximate surface area is 152 Å². The quantitative estimate of drug-likeness (QED) is 0.832. The van der Waals surface area contributed by atoms with E-state index in [1.54, 1.807) is 24.3 Å². The number of nitrogens with zero attached hydrogens (tertiary/aromatic N) is 2. The van der Waals surface area contributed by atoms with Gasteiger partial charge in [-0.3, -0.25) is 14.2 Å². The Morgan fingerprint density at radius 1 is 1.31 bits per heavy atom. The molecule has 2 N–H and O–H groups in total. The van der Waals surface area contributed by atoms with E-state index in [4.69, 9.17) is 0 Å². The van der Waals surface area contributed by atoms with E-state index in [1.807, 2.05) is 0 Å². The molecule has 1 fully saturated rings. The molecule has 1 aromatic heterocycles. The van der Waals surface area contributed by atoms with Crippen molar-refractivity contribution < 1.29 is 4.79 Å². The number of para-hydroxylation sites is 1. The number of hydrogen-bond donors (Lipinski definition) is 2. The SMILES string of the molecule is CC(C)N1CCC[C@H](CNC(=O)Cn2c(=O)[nH]c3ccccc3c2=O)C1.